The molecule has 2 atom stereocenters. The summed E-state index contributed by atoms with van der Waals surface area (Å²) in [6.07, 6.45) is 3.40. The van der Waals surface area contributed by atoms with Crippen molar-refractivity contribution < 1.29 is 9.90 Å². The van der Waals surface area contributed by atoms with Crippen molar-refractivity contribution >= 4 is 5.91 Å². The Morgan fingerprint density at radius 2 is 2.12 bits per heavy atom. The minimum atomic E-state index is 0.168. The van der Waals surface area contributed by atoms with E-state index < -0.39 is 0 Å². The van der Waals surface area contributed by atoms with Gasteiger partial charge >= 0.3 is 0 Å². The summed E-state index contributed by atoms with van der Waals surface area (Å²) in [7, 11) is 1.90. The first kappa shape index (κ1) is 11.9. The van der Waals surface area contributed by atoms with E-state index >= 15 is 0 Å². The molecule has 2 rings (SSSR count). The number of hydrogen-bond donors (Lipinski definition) is 1. The highest BCUT2D eigenvalue weighted by Crippen LogP contribution is 2.27. The molecule has 0 bridgehead atoms. The summed E-state index contributed by atoms with van der Waals surface area (Å²) >= 11 is 0. The molecule has 1 heterocycles. The number of amides is 1. The van der Waals surface area contributed by atoms with Gasteiger partial charge in [-0.05, 0) is 31.7 Å². The Hall–Kier alpha value is -0.610. The van der Waals surface area contributed by atoms with Gasteiger partial charge < -0.3 is 10.0 Å². The van der Waals surface area contributed by atoms with Gasteiger partial charge in [0.2, 0.25) is 5.91 Å². The van der Waals surface area contributed by atoms with E-state index in [-0.39, 0.29) is 18.6 Å². The zero-order valence-corrected chi connectivity index (χ0v) is 10.2. The van der Waals surface area contributed by atoms with Gasteiger partial charge in [0.25, 0.3) is 0 Å². The first-order chi connectivity index (χ1) is 7.63. The normalized spacial score (nSPS) is 30.7. The van der Waals surface area contributed by atoms with E-state index in [4.69, 9.17) is 0 Å². The van der Waals surface area contributed by atoms with E-state index in [0.717, 1.165) is 25.8 Å². The van der Waals surface area contributed by atoms with Crippen molar-refractivity contribution in [2.75, 3.05) is 26.7 Å². The third-order valence-electron chi connectivity index (χ3n) is 4.01. The first-order valence-corrected chi connectivity index (χ1v) is 6.24. The van der Waals surface area contributed by atoms with Crippen molar-refractivity contribution in [3.8, 4) is 0 Å². The molecule has 0 spiro atoms. The summed E-state index contributed by atoms with van der Waals surface area (Å²) in [4.78, 5) is 16.0. The number of nitrogens with zero attached hydrogens (tertiary/aromatic N) is 2. The smallest absolute Gasteiger partial charge is 0.236 e. The zero-order valence-electron chi connectivity index (χ0n) is 10.2. The fourth-order valence-corrected chi connectivity index (χ4v) is 2.53. The number of aliphatic hydroxyl groups excluding tert-OH is 1. The Morgan fingerprint density at radius 1 is 1.44 bits per heavy atom. The summed E-state index contributed by atoms with van der Waals surface area (Å²) in [6.45, 7) is 3.73. The fourth-order valence-electron chi connectivity index (χ4n) is 2.53. The lowest BCUT2D eigenvalue weighted by atomic mass is 10.0. The molecule has 4 nitrogen and oxygen atoms in total. The molecule has 1 N–H and O–H groups in total. The molecule has 2 fully saturated rings. The van der Waals surface area contributed by atoms with Crippen LogP contribution in [0.5, 0.6) is 0 Å². The average Bonchev–Trinajstić information content (AvgIpc) is 3.04. The van der Waals surface area contributed by atoms with Crippen molar-refractivity contribution in [2.45, 2.75) is 38.3 Å². The van der Waals surface area contributed by atoms with Crippen LogP contribution >= 0.6 is 0 Å². The van der Waals surface area contributed by atoms with Crippen LogP contribution in [0.25, 0.3) is 0 Å². The second-order valence-electron chi connectivity index (χ2n) is 5.22. The fraction of sp³-hybridized carbons (Fsp3) is 0.917. The Labute approximate surface area is 97.2 Å². The van der Waals surface area contributed by atoms with Crippen molar-refractivity contribution in [3.05, 3.63) is 0 Å². The molecule has 0 aromatic rings. The number of hydrogen-bond acceptors (Lipinski definition) is 3. The van der Waals surface area contributed by atoms with E-state index in [1.165, 1.54) is 0 Å². The summed E-state index contributed by atoms with van der Waals surface area (Å²) in [5, 5.41) is 9.31. The van der Waals surface area contributed by atoms with E-state index in [9.17, 15) is 9.90 Å². The summed E-state index contributed by atoms with van der Waals surface area (Å²) in [5.41, 5.74) is 0. The molecule has 1 aliphatic carbocycles. The Kier molecular flexibility index (Phi) is 3.50. The second-order valence-corrected chi connectivity index (χ2v) is 5.22. The average molecular weight is 226 g/mol. The third kappa shape index (κ3) is 2.38. The van der Waals surface area contributed by atoms with Gasteiger partial charge in [0.1, 0.15) is 0 Å². The van der Waals surface area contributed by atoms with Gasteiger partial charge in [0, 0.05) is 19.1 Å². The van der Waals surface area contributed by atoms with Crippen LogP contribution in [-0.4, -0.2) is 59.6 Å². The van der Waals surface area contributed by atoms with Crippen LogP contribution < -0.4 is 0 Å². The Bertz CT molecular complexity index is 266. The molecule has 0 unspecified atom stereocenters. The van der Waals surface area contributed by atoms with Gasteiger partial charge in [-0.15, -0.1) is 0 Å². The van der Waals surface area contributed by atoms with Crippen molar-refractivity contribution in [3.63, 3.8) is 0 Å². The van der Waals surface area contributed by atoms with Gasteiger partial charge in [0.05, 0.1) is 13.2 Å². The highest BCUT2D eigenvalue weighted by molar-refractivity contribution is 5.78. The molecule has 0 aromatic carbocycles. The molecule has 92 valence electrons. The topological polar surface area (TPSA) is 43.8 Å². The number of rotatable bonds is 4. The van der Waals surface area contributed by atoms with Gasteiger partial charge in [-0.1, -0.05) is 6.92 Å². The molecule has 4 heteroatoms. The molecule has 2 aliphatic rings. The van der Waals surface area contributed by atoms with Crippen LogP contribution in [0.4, 0.5) is 0 Å². The minimum absolute atomic E-state index is 0.168. The predicted octanol–water partition coefficient (Wildman–Crippen LogP) is 0.310. The quantitative estimate of drug-likeness (QED) is 0.750. The van der Waals surface area contributed by atoms with Crippen molar-refractivity contribution in [1.82, 2.24) is 9.80 Å². The van der Waals surface area contributed by atoms with Gasteiger partial charge in [-0.25, -0.2) is 0 Å². The summed E-state index contributed by atoms with van der Waals surface area (Å²) in [5.74, 6) is 0.707. The van der Waals surface area contributed by atoms with E-state index in [1.807, 2.05) is 11.9 Å². The lowest BCUT2D eigenvalue weighted by molar-refractivity contribution is -0.132. The SMILES string of the molecule is C[C@@H]1CCN(CC(=O)N(C)C2CC2)[C@H]1CO. The van der Waals surface area contributed by atoms with Crippen LogP contribution in [0.2, 0.25) is 0 Å². The molecule has 1 aliphatic heterocycles. The van der Waals surface area contributed by atoms with Crippen LogP contribution in [0.1, 0.15) is 26.2 Å². The lowest BCUT2D eigenvalue weighted by Gasteiger charge is -2.26. The third-order valence-corrected chi connectivity index (χ3v) is 4.01. The largest absolute Gasteiger partial charge is 0.395 e. The van der Waals surface area contributed by atoms with Crippen molar-refractivity contribution in [1.29, 1.82) is 0 Å². The number of aliphatic hydroxyl groups is 1. The maximum absolute atomic E-state index is 12.0. The number of carbonyl (C=O) groups is 1. The van der Waals surface area contributed by atoms with Crippen LogP contribution in [-0.2, 0) is 4.79 Å². The predicted molar refractivity (Wildman–Crippen MR) is 62.0 cm³/mol. The number of carbonyl (C=O) groups excluding carboxylic acids is 1. The van der Waals surface area contributed by atoms with E-state index in [2.05, 4.69) is 11.8 Å². The number of likely N-dealkylation sites (N-methyl/N-ethyl adjacent to an activating group) is 1. The van der Waals surface area contributed by atoms with E-state index in [1.54, 1.807) is 0 Å². The molecule has 1 amide bonds. The van der Waals surface area contributed by atoms with Gasteiger partial charge in [-0.3, -0.25) is 9.69 Å². The van der Waals surface area contributed by atoms with Gasteiger partial charge in [0.15, 0.2) is 0 Å². The van der Waals surface area contributed by atoms with Gasteiger partial charge in [-0.2, -0.15) is 0 Å². The van der Waals surface area contributed by atoms with E-state index in [0.29, 0.717) is 18.5 Å². The van der Waals surface area contributed by atoms with Crippen LogP contribution in [0.15, 0.2) is 0 Å². The molecule has 0 radical (unpaired) electrons. The maximum atomic E-state index is 12.0. The highest BCUT2D eigenvalue weighted by Gasteiger charge is 2.35. The summed E-state index contributed by atoms with van der Waals surface area (Å²) in [6, 6.07) is 0.664. The lowest BCUT2D eigenvalue weighted by Crippen LogP contribution is -2.43. The molecule has 16 heavy (non-hydrogen) atoms. The molecule has 1 saturated carbocycles. The molecular formula is C12H22N2O2. The molecule has 1 saturated heterocycles. The molecule has 0 aromatic heterocycles. The van der Waals surface area contributed by atoms with Crippen LogP contribution in [0, 0.1) is 5.92 Å². The standard InChI is InChI=1S/C12H22N2O2/c1-9-5-6-14(11(9)8-15)7-12(16)13(2)10-3-4-10/h9-11,15H,3-8H2,1-2H3/t9-,11+/m1/s1. The Morgan fingerprint density at radius 3 is 2.69 bits per heavy atom. The van der Waals surface area contributed by atoms with Crippen LogP contribution in [0.3, 0.4) is 0 Å². The summed E-state index contributed by atoms with van der Waals surface area (Å²) < 4.78 is 0. The Balaban J connectivity index is 1.86. The monoisotopic (exact) mass is 226 g/mol. The van der Waals surface area contributed by atoms with Crippen molar-refractivity contribution in [2.24, 2.45) is 5.92 Å². The maximum Gasteiger partial charge on any atom is 0.236 e. The highest BCUT2D eigenvalue weighted by atomic mass is 16.3. The molecular weight excluding hydrogens is 204 g/mol. The first-order valence-electron chi connectivity index (χ1n) is 6.24. The second kappa shape index (κ2) is 4.72. The minimum Gasteiger partial charge on any atom is -0.395 e. The number of likely N-dealkylation sites (tertiary alicyclic amines) is 1. The zero-order chi connectivity index (χ0) is 11.7.